The highest BCUT2D eigenvalue weighted by Crippen LogP contribution is 2.13. The molecule has 0 aliphatic rings. The SMILES string of the molecule is Cc1nn2c3ccccc3nc2n(C)c1=O. The zero-order chi connectivity index (χ0) is 11.3. The van der Waals surface area contributed by atoms with Crippen molar-refractivity contribution in [1.82, 2.24) is 19.2 Å². The van der Waals surface area contributed by atoms with E-state index in [1.807, 2.05) is 24.3 Å². The maximum Gasteiger partial charge on any atom is 0.276 e. The first-order chi connectivity index (χ1) is 7.68. The van der Waals surface area contributed by atoms with Crippen LogP contribution in [-0.2, 0) is 7.05 Å². The van der Waals surface area contributed by atoms with Crippen molar-refractivity contribution in [2.45, 2.75) is 6.92 Å². The second-order valence-corrected chi connectivity index (χ2v) is 3.76. The molecule has 0 unspecified atom stereocenters. The number of aryl methyl sites for hydroxylation is 2. The lowest BCUT2D eigenvalue weighted by Gasteiger charge is -2.01. The van der Waals surface area contributed by atoms with Crippen LogP contribution in [0.4, 0.5) is 0 Å². The van der Waals surface area contributed by atoms with Crippen LogP contribution in [0, 0.1) is 6.92 Å². The Morgan fingerprint density at radius 1 is 1.25 bits per heavy atom. The van der Waals surface area contributed by atoms with Crippen molar-refractivity contribution in [1.29, 1.82) is 0 Å². The predicted molar refractivity (Wildman–Crippen MR) is 60.5 cm³/mol. The van der Waals surface area contributed by atoms with Gasteiger partial charge in [-0.2, -0.15) is 9.61 Å². The summed E-state index contributed by atoms with van der Waals surface area (Å²) in [6.07, 6.45) is 0. The van der Waals surface area contributed by atoms with Crippen LogP contribution in [0.15, 0.2) is 29.1 Å². The van der Waals surface area contributed by atoms with E-state index in [1.165, 1.54) is 4.57 Å². The fourth-order valence-electron chi connectivity index (χ4n) is 1.84. The average Bonchev–Trinajstić information content (AvgIpc) is 2.65. The van der Waals surface area contributed by atoms with Gasteiger partial charge in [-0.25, -0.2) is 4.98 Å². The highest BCUT2D eigenvalue weighted by molar-refractivity contribution is 5.78. The third kappa shape index (κ3) is 1.02. The monoisotopic (exact) mass is 214 g/mol. The van der Waals surface area contributed by atoms with Gasteiger partial charge in [-0.05, 0) is 19.1 Å². The van der Waals surface area contributed by atoms with Gasteiger partial charge in [0, 0.05) is 7.05 Å². The van der Waals surface area contributed by atoms with E-state index in [-0.39, 0.29) is 5.56 Å². The molecule has 2 aromatic heterocycles. The molecular formula is C11H10N4O. The molecule has 1 aromatic carbocycles. The van der Waals surface area contributed by atoms with E-state index >= 15 is 0 Å². The molecule has 3 aromatic rings. The number of nitrogens with zero attached hydrogens (tertiary/aromatic N) is 4. The van der Waals surface area contributed by atoms with Crippen molar-refractivity contribution in [3.8, 4) is 0 Å². The van der Waals surface area contributed by atoms with Crippen LogP contribution in [0.2, 0.25) is 0 Å². The lowest BCUT2D eigenvalue weighted by Crippen LogP contribution is -2.23. The number of fused-ring (bicyclic) bond motifs is 3. The van der Waals surface area contributed by atoms with Crippen molar-refractivity contribution in [3.05, 3.63) is 40.3 Å². The molecule has 3 rings (SSSR count). The highest BCUT2D eigenvalue weighted by Gasteiger charge is 2.10. The first-order valence-electron chi connectivity index (χ1n) is 4.99. The van der Waals surface area contributed by atoms with Gasteiger partial charge in [-0.1, -0.05) is 12.1 Å². The minimum atomic E-state index is -0.109. The molecule has 0 aliphatic heterocycles. The van der Waals surface area contributed by atoms with Gasteiger partial charge in [0.15, 0.2) is 0 Å². The van der Waals surface area contributed by atoms with E-state index in [4.69, 9.17) is 0 Å². The summed E-state index contributed by atoms with van der Waals surface area (Å²) in [6.45, 7) is 1.70. The van der Waals surface area contributed by atoms with Gasteiger partial charge >= 0.3 is 0 Å². The van der Waals surface area contributed by atoms with Crippen molar-refractivity contribution in [2.75, 3.05) is 0 Å². The maximum atomic E-state index is 11.7. The molecule has 0 aliphatic carbocycles. The summed E-state index contributed by atoms with van der Waals surface area (Å²) in [6, 6.07) is 7.69. The Kier molecular flexibility index (Phi) is 1.65. The van der Waals surface area contributed by atoms with E-state index in [0.29, 0.717) is 11.5 Å². The Bertz CT molecular complexity index is 754. The zero-order valence-electron chi connectivity index (χ0n) is 9.01. The lowest BCUT2D eigenvalue weighted by molar-refractivity contribution is 0.762. The molecule has 0 N–H and O–H groups in total. The lowest BCUT2D eigenvalue weighted by atomic mass is 10.3. The summed E-state index contributed by atoms with van der Waals surface area (Å²) in [4.78, 5) is 16.1. The molecule has 80 valence electrons. The molecular weight excluding hydrogens is 204 g/mol. The minimum Gasteiger partial charge on any atom is -0.279 e. The largest absolute Gasteiger partial charge is 0.279 e. The molecule has 0 fully saturated rings. The second kappa shape index (κ2) is 2.91. The summed E-state index contributed by atoms with van der Waals surface area (Å²) >= 11 is 0. The van der Waals surface area contributed by atoms with Gasteiger partial charge in [-0.15, -0.1) is 0 Å². The van der Waals surface area contributed by atoms with Crippen molar-refractivity contribution < 1.29 is 0 Å². The van der Waals surface area contributed by atoms with Crippen LogP contribution in [0.3, 0.4) is 0 Å². The van der Waals surface area contributed by atoms with Gasteiger partial charge in [0.05, 0.1) is 11.0 Å². The molecule has 0 atom stereocenters. The molecule has 2 heterocycles. The van der Waals surface area contributed by atoms with Gasteiger partial charge in [0.1, 0.15) is 5.69 Å². The number of hydrogen-bond donors (Lipinski definition) is 0. The van der Waals surface area contributed by atoms with Crippen LogP contribution in [0.1, 0.15) is 5.69 Å². The van der Waals surface area contributed by atoms with Crippen molar-refractivity contribution >= 4 is 16.8 Å². The second-order valence-electron chi connectivity index (χ2n) is 3.76. The van der Waals surface area contributed by atoms with Crippen LogP contribution in [0.5, 0.6) is 0 Å². The molecule has 0 saturated carbocycles. The third-order valence-corrected chi connectivity index (χ3v) is 2.68. The van der Waals surface area contributed by atoms with Crippen LogP contribution >= 0.6 is 0 Å². The number of benzene rings is 1. The fourth-order valence-corrected chi connectivity index (χ4v) is 1.84. The van der Waals surface area contributed by atoms with Crippen LogP contribution in [0.25, 0.3) is 16.8 Å². The number of aromatic nitrogens is 4. The minimum absolute atomic E-state index is 0.109. The Hall–Kier alpha value is -2.17. The summed E-state index contributed by atoms with van der Waals surface area (Å²) in [5, 5.41) is 4.24. The van der Waals surface area contributed by atoms with Crippen LogP contribution < -0.4 is 5.56 Å². The molecule has 0 radical (unpaired) electrons. The number of para-hydroxylation sites is 2. The average molecular weight is 214 g/mol. The number of hydrogen-bond acceptors (Lipinski definition) is 3. The van der Waals surface area contributed by atoms with Gasteiger partial charge in [0.25, 0.3) is 5.56 Å². The van der Waals surface area contributed by atoms with Crippen LogP contribution in [-0.4, -0.2) is 19.2 Å². The first kappa shape index (κ1) is 9.08. The Morgan fingerprint density at radius 3 is 2.81 bits per heavy atom. The normalized spacial score (nSPS) is 11.4. The molecule has 0 amide bonds. The number of imidazole rings is 1. The Morgan fingerprint density at radius 2 is 2.00 bits per heavy atom. The van der Waals surface area contributed by atoms with Crippen molar-refractivity contribution in [3.63, 3.8) is 0 Å². The van der Waals surface area contributed by atoms with E-state index < -0.39 is 0 Å². The first-order valence-corrected chi connectivity index (χ1v) is 4.99. The Balaban J connectivity index is 2.66. The summed E-state index contributed by atoms with van der Waals surface area (Å²) in [5.74, 6) is 0.566. The summed E-state index contributed by atoms with van der Waals surface area (Å²) < 4.78 is 3.22. The van der Waals surface area contributed by atoms with E-state index in [9.17, 15) is 4.79 Å². The van der Waals surface area contributed by atoms with E-state index in [0.717, 1.165) is 11.0 Å². The molecule has 0 spiro atoms. The number of rotatable bonds is 0. The molecule has 5 heteroatoms. The molecule has 16 heavy (non-hydrogen) atoms. The zero-order valence-corrected chi connectivity index (χ0v) is 9.01. The summed E-state index contributed by atoms with van der Waals surface area (Å²) in [5.41, 5.74) is 2.12. The predicted octanol–water partition coefficient (Wildman–Crippen LogP) is 0.890. The fraction of sp³-hybridized carbons (Fsp3) is 0.182. The van der Waals surface area contributed by atoms with Gasteiger partial charge in [0.2, 0.25) is 5.78 Å². The Labute approximate surface area is 91.0 Å². The van der Waals surface area contributed by atoms with Gasteiger partial charge < -0.3 is 0 Å². The smallest absolute Gasteiger partial charge is 0.276 e. The summed E-state index contributed by atoms with van der Waals surface area (Å²) in [7, 11) is 1.71. The standard InChI is InChI=1S/C11H10N4O/c1-7-10(16)14(2)11-12-8-5-3-4-6-9(8)15(11)13-7/h3-6H,1-2H3. The molecule has 0 saturated heterocycles. The van der Waals surface area contributed by atoms with Crippen molar-refractivity contribution in [2.24, 2.45) is 7.05 Å². The maximum absolute atomic E-state index is 11.7. The quantitative estimate of drug-likeness (QED) is 0.558. The van der Waals surface area contributed by atoms with E-state index in [2.05, 4.69) is 10.1 Å². The van der Waals surface area contributed by atoms with Gasteiger partial charge in [-0.3, -0.25) is 9.36 Å². The molecule has 5 nitrogen and oxygen atoms in total. The highest BCUT2D eigenvalue weighted by atomic mass is 16.1. The van der Waals surface area contributed by atoms with E-state index in [1.54, 1.807) is 18.5 Å². The topological polar surface area (TPSA) is 52.2 Å². The molecule has 0 bridgehead atoms. The third-order valence-electron chi connectivity index (χ3n) is 2.68.